The van der Waals surface area contributed by atoms with Crippen molar-refractivity contribution in [1.82, 2.24) is 15.6 Å². The van der Waals surface area contributed by atoms with Crippen LogP contribution in [0.2, 0.25) is 0 Å². The predicted octanol–water partition coefficient (Wildman–Crippen LogP) is 0.723. The molecule has 0 bridgehead atoms. The molecule has 0 saturated heterocycles. The van der Waals surface area contributed by atoms with Crippen molar-refractivity contribution in [2.24, 2.45) is 5.92 Å². The third kappa shape index (κ3) is 4.48. The molecule has 1 aromatic heterocycles. The summed E-state index contributed by atoms with van der Waals surface area (Å²) in [5.74, 6) is -1.30. The highest BCUT2D eigenvalue weighted by Crippen LogP contribution is 2.03. The van der Waals surface area contributed by atoms with Crippen LogP contribution in [0.1, 0.15) is 24.2 Å². The second-order valence-electron chi connectivity index (χ2n) is 4.24. The summed E-state index contributed by atoms with van der Waals surface area (Å²) in [5.41, 5.74) is -0.123. The van der Waals surface area contributed by atoms with Gasteiger partial charge < -0.3 is 10.6 Å². The minimum Gasteiger partial charge on any atom is -0.354 e. The second kappa shape index (κ2) is 6.68. The third-order valence-corrected chi connectivity index (χ3v) is 2.13. The highest BCUT2D eigenvalue weighted by molar-refractivity contribution is 5.96. The predicted molar refractivity (Wildman–Crippen MR) is 64.4 cm³/mol. The number of nitrogens with one attached hydrogen (secondary N) is 2. The minimum absolute atomic E-state index is 0.123. The molecule has 1 rings (SSSR count). The lowest BCUT2D eigenvalue weighted by Gasteiger charge is -2.08. The minimum atomic E-state index is -0.711. The fourth-order valence-electron chi connectivity index (χ4n) is 1.20. The van der Waals surface area contributed by atoms with Crippen LogP contribution < -0.4 is 10.6 Å². The van der Waals surface area contributed by atoms with Crippen LogP contribution in [0.4, 0.5) is 4.39 Å². The molecule has 2 amide bonds. The molecule has 0 atom stereocenters. The zero-order valence-electron chi connectivity index (χ0n) is 10.4. The van der Waals surface area contributed by atoms with Gasteiger partial charge in [0.05, 0.1) is 18.3 Å². The molecule has 0 radical (unpaired) electrons. The average molecular weight is 253 g/mol. The van der Waals surface area contributed by atoms with E-state index in [0.717, 1.165) is 6.20 Å². The smallest absolute Gasteiger partial charge is 0.254 e. The van der Waals surface area contributed by atoms with E-state index in [2.05, 4.69) is 15.6 Å². The Balaban J connectivity index is 2.42. The van der Waals surface area contributed by atoms with Gasteiger partial charge >= 0.3 is 0 Å². The molecule has 6 heteroatoms. The summed E-state index contributed by atoms with van der Waals surface area (Å²) in [4.78, 5) is 26.4. The standard InChI is InChI=1S/C12H16FN3O2/c1-8(2)5-15-11(17)7-16-12(18)9-3-4-14-6-10(9)13/h3-4,6,8H,5,7H2,1-2H3,(H,15,17)(H,16,18). The van der Waals surface area contributed by atoms with Gasteiger partial charge in [-0.25, -0.2) is 4.39 Å². The molecule has 2 N–H and O–H groups in total. The molecule has 0 fully saturated rings. The van der Waals surface area contributed by atoms with E-state index in [-0.39, 0.29) is 18.0 Å². The Morgan fingerprint density at radius 2 is 2.11 bits per heavy atom. The summed E-state index contributed by atoms with van der Waals surface area (Å²) in [6.45, 7) is 4.29. The van der Waals surface area contributed by atoms with Gasteiger partial charge in [-0.3, -0.25) is 14.6 Å². The van der Waals surface area contributed by atoms with Gasteiger partial charge in [0.1, 0.15) is 0 Å². The Bertz CT molecular complexity index is 435. The van der Waals surface area contributed by atoms with Gasteiger partial charge in [-0.15, -0.1) is 0 Å². The summed E-state index contributed by atoms with van der Waals surface area (Å²) >= 11 is 0. The van der Waals surface area contributed by atoms with E-state index in [1.165, 1.54) is 12.3 Å². The van der Waals surface area contributed by atoms with Crippen molar-refractivity contribution in [2.75, 3.05) is 13.1 Å². The molecule has 0 saturated carbocycles. The Hall–Kier alpha value is -1.98. The van der Waals surface area contributed by atoms with E-state index < -0.39 is 11.7 Å². The summed E-state index contributed by atoms with van der Waals surface area (Å²) < 4.78 is 13.2. The van der Waals surface area contributed by atoms with Crippen LogP contribution in [0.3, 0.4) is 0 Å². The van der Waals surface area contributed by atoms with Crippen LogP contribution in [-0.2, 0) is 4.79 Å². The second-order valence-corrected chi connectivity index (χ2v) is 4.24. The summed E-state index contributed by atoms with van der Waals surface area (Å²) in [6, 6.07) is 1.26. The summed E-state index contributed by atoms with van der Waals surface area (Å²) in [6.07, 6.45) is 2.27. The Morgan fingerprint density at radius 1 is 1.39 bits per heavy atom. The summed E-state index contributed by atoms with van der Waals surface area (Å²) in [5, 5.41) is 4.99. The van der Waals surface area contributed by atoms with Crippen molar-refractivity contribution in [1.29, 1.82) is 0 Å². The van der Waals surface area contributed by atoms with Crippen molar-refractivity contribution in [3.63, 3.8) is 0 Å². The number of rotatable bonds is 5. The SMILES string of the molecule is CC(C)CNC(=O)CNC(=O)c1ccncc1F. The fraction of sp³-hybridized carbons (Fsp3) is 0.417. The average Bonchev–Trinajstić information content (AvgIpc) is 2.34. The van der Waals surface area contributed by atoms with Crippen LogP contribution in [0.25, 0.3) is 0 Å². The molecule has 0 aromatic carbocycles. The van der Waals surface area contributed by atoms with E-state index in [0.29, 0.717) is 12.5 Å². The van der Waals surface area contributed by atoms with Crippen LogP contribution in [-0.4, -0.2) is 29.9 Å². The van der Waals surface area contributed by atoms with Crippen molar-refractivity contribution >= 4 is 11.8 Å². The Morgan fingerprint density at radius 3 is 2.72 bits per heavy atom. The molecular formula is C12H16FN3O2. The Labute approximate surface area is 105 Å². The third-order valence-electron chi connectivity index (χ3n) is 2.13. The number of halogens is 1. The van der Waals surface area contributed by atoms with Gasteiger partial charge in [0.15, 0.2) is 5.82 Å². The molecule has 1 aromatic rings. The number of carbonyl (C=O) groups is 2. The fourth-order valence-corrected chi connectivity index (χ4v) is 1.20. The number of aromatic nitrogens is 1. The number of amides is 2. The lowest BCUT2D eigenvalue weighted by molar-refractivity contribution is -0.120. The summed E-state index contributed by atoms with van der Waals surface area (Å²) in [7, 11) is 0. The maximum absolute atomic E-state index is 13.2. The highest BCUT2D eigenvalue weighted by atomic mass is 19.1. The van der Waals surface area contributed by atoms with Crippen molar-refractivity contribution in [3.05, 3.63) is 29.8 Å². The number of pyridine rings is 1. The largest absolute Gasteiger partial charge is 0.354 e. The number of hydrogen-bond acceptors (Lipinski definition) is 3. The number of hydrogen-bond donors (Lipinski definition) is 2. The zero-order chi connectivity index (χ0) is 13.5. The molecule has 18 heavy (non-hydrogen) atoms. The van der Waals surface area contributed by atoms with Crippen molar-refractivity contribution < 1.29 is 14.0 Å². The van der Waals surface area contributed by atoms with Gasteiger partial charge in [0.25, 0.3) is 5.91 Å². The molecule has 1 heterocycles. The molecule has 98 valence electrons. The van der Waals surface area contributed by atoms with Gasteiger partial charge in [-0.05, 0) is 12.0 Å². The van der Waals surface area contributed by atoms with E-state index in [1.807, 2.05) is 13.8 Å². The van der Waals surface area contributed by atoms with E-state index >= 15 is 0 Å². The van der Waals surface area contributed by atoms with Crippen molar-refractivity contribution in [2.45, 2.75) is 13.8 Å². The lowest BCUT2D eigenvalue weighted by Crippen LogP contribution is -2.38. The molecular weight excluding hydrogens is 237 g/mol. The maximum Gasteiger partial charge on any atom is 0.254 e. The molecule has 0 spiro atoms. The van der Waals surface area contributed by atoms with Crippen LogP contribution in [0.5, 0.6) is 0 Å². The van der Waals surface area contributed by atoms with E-state index in [9.17, 15) is 14.0 Å². The quantitative estimate of drug-likeness (QED) is 0.812. The normalized spacial score (nSPS) is 10.2. The Kier molecular flexibility index (Phi) is 5.23. The molecule has 0 aliphatic rings. The highest BCUT2D eigenvalue weighted by Gasteiger charge is 2.12. The van der Waals surface area contributed by atoms with Gasteiger partial charge in [-0.2, -0.15) is 0 Å². The number of carbonyl (C=O) groups excluding carboxylic acids is 2. The van der Waals surface area contributed by atoms with Crippen molar-refractivity contribution in [3.8, 4) is 0 Å². The van der Waals surface area contributed by atoms with Gasteiger partial charge in [-0.1, -0.05) is 13.8 Å². The van der Waals surface area contributed by atoms with E-state index in [1.54, 1.807) is 0 Å². The van der Waals surface area contributed by atoms with Gasteiger partial charge in [0, 0.05) is 12.7 Å². The molecule has 5 nitrogen and oxygen atoms in total. The lowest BCUT2D eigenvalue weighted by atomic mass is 10.2. The molecule has 0 aliphatic carbocycles. The number of nitrogens with zero attached hydrogens (tertiary/aromatic N) is 1. The topological polar surface area (TPSA) is 71.1 Å². The maximum atomic E-state index is 13.2. The van der Waals surface area contributed by atoms with Crippen LogP contribution >= 0.6 is 0 Å². The van der Waals surface area contributed by atoms with Crippen LogP contribution in [0, 0.1) is 11.7 Å². The first kappa shape index (κ1) is 14.1. The van der Waals surface area contributed by atoms with E-state index in [4.69, 9.17) is 0 Å². The first-order valence-corrected chi connectivity index (χ1v) is 5.65. The monoisotopic (exact) mass is 253 g/mol. The molecule has 0 aliphatic heterocycles. The molecule has 0 unspecified atom stereocenters. The first-order chi connectivity index (χ1) is 8.50. The first-order valence-electron chi connectivity index (χ1n) is 5.65. The van der Waals surface area contributed by atoms with Crippen LogP contribution in [0.15, 0.2) is 18.5 Å². The zero-order valence-corrected chi connectivity index (χ0v) is 10.4. The van der Waals surface area contributed by atoms with Gasteiger partial charge in [0.2, 0.25) is 5.91 Å².